The van der Waals surface area contributed by atoms with Gasteiger partial charge in [-0.15, -0.1) is 0 Å². The number of likely N-dealkylation sites (tertiary alicyclic amines) is 2. The molecule has 0 spiro atoms. The normalized spacial score (nSPS) is 18.9. The minimum absolute atomic E-state index is 0.0205. The number of nitrogens with two attached hydrogens (primary N) is 4. The van der Waals surface area contributed by atoms with E-state index >= 15 is 0 Å². The van der Waals surface area contributed by atoms with Crippen molar-refractivity contribution in [1.82, 2.24) is 41.7 Å². The molecular weight excluding hydrogens is 879 g/mol. The third-order valence-corrected chi connectivity index (χ3v) is 11.4. The molecule has 2 aliphatic heterocycles. The smallest absolute Gasteiger partial charge is 0.326 e. The summed E-state index contributed by atoms with van der Waals surface area (Å²) in [5.41, 5.74) is 22.2. The standard InChI is InChI=1S/C42H75N13O12/c1-5-11-28(41(66)67)51-33(58)24(4)48-35(60)29(20-23(2)3)52-38(63)32-15-10-19-55(32)39(64)26(12-6-7-16-43)50-37(62)31-14-9-18-54(31)40(65)27(13-8-17-47-42(45)46)49-36(61)30(22-57)53-34(59)25(44)21-56/h23-32,56-57H,5-22,43-44H2,1-4H3,(H,48,60)(H,49,61)(H,50,62)(H,51,58)(H,52,63)(H,53,59)(H,66,67)(H4,45,46,47)/t24-,25-,26-,27-,28-,29-,30-,31-,32-/m0/s1. The number of nitrogens with one attached hydrogen (secondary N) is 6. The molecule has 0 aromatic carbocycles. The summed E-state index contributed by atoms with van der Waals surface area (Å²) in [6, 6.07) is -10.8. The van der Waals surface area contributed by atoms with Gasteiger partial charge in [-0.1, -0.05) is 27.2 Å². The Hall–Kier alpha value is -5.66. The molecule has 0 aromatic rings. The van der Waals surface area contributed by atoms with E-state index in [-0.39, 0.29) is 76.5 Å². The Bertz CT molecular complexity index is 1730. The number of hydrogen-bond donors (Lipinski definition) is 13. The predicted octanol–water partition coefficient (Wildman–Crippen LogP) is -4.68. The highest BCUT2D eigenvalue weighted by molar-refractivity contribution is 5.98. The highest BCUT2D eigenvalue weighted by Crippen LogP contribution is 2.23. The Labute approximate surface area is 391 Å². The second kappa shape index (κ2) is 29.2. The van der Waals surface area contributed by atoms with E-state index in [9.17, 15) is 58.5 Å². The van der Waals surface area contributed by atoms with Crippen LogP contribution in [0.3, 0.4) is 0 Å². The van der Waals surface area contributed by atoms with Crippen LogP contribution in [0.25, 0.3) is 0 Å². The van der Waals surface area contributed by atoms with Crippen molar-refractivity contribution in [3.8, 4) is 0 Å². The van der Waals surface area contributed by atoms with Gasteiger partial charge in [-0.05, 0) is 90.0 Å². The Morgan fingerprint density at radius 2 is 1.15 bits per heavy atom. The third kappa shape index (κ3) is 18.5. The minimum Gasteiger partial charge on any atom is -0.480 e. The number of carboxylic acid groups (broad SMARTS) is 1. The number of aliphatic hydroxyl groups excluding tert-OH is 2. The van der Waals surface area contributed by atoms with E-state index in [0.29, 0.717) is 38.6 Å². The summed E-state index contributed by atoms with van der Waals surface area (Å²) in [7, 11) is 0. The van der Waals surface area contributed by atoms with Gasteiger partial charge >= 0.3 is 5.97 Å². The maximum absolute atomic E-state index is 14.4. The number of guanidine groups is 1. The van der Waals surface area contributed by atoms with Gasteiger partial charge < -0.3 is 80.0 Å². The number of rotatable bonds is 29. The van der Waals surface area contributed by atoms with Crippen molar-refractivity contribution in [3.05, 3.63) is 0 Å². The molecule has 2 rings (SSSR count). The van der Waals surface area contributed by atoms with Crippen LogP contribution in [-0.4, -0.2) is 178 Å². The molecule has 67 heavy (non-hydrogen) atoms. The summed E-state index contributed by atoms with van der Waals surface area (Å²) >= 11 is 0. The Balaban J connectivity index is 2.30. The molecule has 25 heteroatoms. The monoisotopic (exact) mass is 954 g/mol. The van der Waals surface area contributed by atoms with Crippen molar-refractivity contribution >= 4 is 59.2 Å². The zero-order valence-corrected chi connectivity index (χ0v) is 39.2. The van der Waals surface area contributed by atoms with Crippen LogP contribution < -0.4 is 54.8 Å². The van der Waals surface area contributed by atoms with Gasteiger partial charge in [-0.3, -0.25) is 43.3 Å². The van der Waals surface area contributed by atoms with Gasteiger partial charge in [0.2, 0.25) is 47.3 Å². The quantitative estimate of drug-likeness (QED) is 0.0190. The van der Waals surface area contributed by atoms with Crippen molar-refractivity contribution in [3.63, 3.8) is 0 Å². The Kier molecular flexibility index (Phi) is 25.0. The number of aliphatic imine (C=N–C) groups is 1. The molecule has 0 aromatic heterocycles. The van der Waals surface area contributed by atoms with Crippen molar-refractivity contribution in [1.29, 1.82) is 0 Å². The number of aliphatic carboxylic acids is 1. The summed E-state index contributed by atoms with van der Waals surface area (Å²) < 4.78 is 0. The summed E-state index contributed by atoms with van der Waals surface area (Å²) in [6.07, 6.45) is 3.40. The molecule has 0 radical (unpaired) electrons. The number of carbonyl (C=O) groups excluding carboxylic acids is 8. The van der Waals surface area contributed by atoms with Crippen LogP contribution in [0.15, 0.2) is 4.99 Å². The first-order valence-electron chi connectivity index (χ1n) is 23.1. The molecule has 2 saturated heterocycles. The van der Waals surface area contributed by atoms with Gasteiger partial charge in [0.15, 0.2) is 5.96 Å². The fourth-order valence-corrected chi connectivity index (χ4v) is 7.81. The molecule has 0 unspecified atom stereocenters. The first kappa shape index (κ1) is 57.5. The molecule has 2 heterocycles. The van der Waals surface area contributed by atoms with E-state index in [1.807, 2.05) is 13.8 Å². The molecule has 8 amide bonds. The first-order valence-corrected chi connectivity index (χ1v) is 23.1. The van der Waals surface area contributed by atoms with Crippen LogP contribution in [0, 0.1) is 5.92 Å². The molecule has 2 aliphatic rings. The largest absolute Gasteiger partial charge is 0.480 e. The average molecular weight is 954 g/mol. The summed E-state index contributed by atoms with van der Waals surface area (Å²) in [4.78, 5) is 127. The van der Waals surface area contributed by atoms with Crippen LogP contribution >= 0.6 is 0 Å². The van der Waals surface area contributed by atoms with Crippen LogP contribution in [0.5, 0.6) is 0 Å². The number of amides is 8. The zero-order valence-electron chi connectivity index (χ0n) is 39.2. The number of carboxylic acids is 1. The van der Waals surface area contributed by atoms with Crippen molar-refractivity contribution in [2.45, 2.75) is 159 Å². The number of hydrogen-bond acceptors (Lipinski definition) is 14. The van der Waals surface area contributed by atoms with Crippen LogP contribution in [0.4, 0.5) is 0 Å². The average Bonchev–Trinajstić information content (AvgIpc) is 3.99. The Morgan fingerprint density at radius 3 is 1.64 bits per heavy atom. The van der Waals surface area contributed by atoms with Crippen LogP contribution in [0.2, 0.25) is 0 Å². The highest BCUT2D eigenvalue weighted by atomic mass is 16.4. The summed E-state index contributed by atoms with van der Waals surface area (Å²) in [6.45, 7) is 5.89. The Morgan fingerprint density at radius 1 is 0.642 bits per heavy atom. The third-order valence-electron chi connectivity index (χ3n) is 11.4. The molecule has 380 valence electrons. The minimum atomic E-state index is -1.54. The van der Waals surface area contributed by atoms with E-state index in [2.05, 4.69) is 36.9 Å². The van der Waals surface area contributed by atoms with Crippen molar-refractivity contribution < 1.29 is 58.5 Å². The van der Waals surface area contributed by atoms with E-state index in [1.54, 1.807) is 6.92 Å². The SMILES string of the molecule is CCC[C@H](NC(=O)[C@H](C)NC(=O)[C@H](CC(C)C)NC(=O)[C@@H]1CCCN1C(=O)[C@H](CCCCN)NC(=O)[C@@H]1CCCN1C(=O)[C@H](CCCN=C(N)N)NC(=O)[C@H](CO)NC(=O)[C@@H](N)CO)C(=O)O. The maximum Gasteiger partial charge on any atom is 0.326 e. The van der Waals surface area contributed by atoms with E-state index in [4.69, 9.17) is 22.9 Å². The number of unbranched alkanes of at least 4 members (excludes halogenated alkanes) is 1. The van der Waals surface area contributed by atoms with E-state index in [0.717, 1.165) is 0 Å². The van der Waals surface area contributed by atoms with Gasteiger partial charge in [-0.2, -0.15) is 0 Å². The number of aliphatic hydroxyl groups is 2. The molecule has 0 aliphatic carbocycles. The lowest BCUT2D eigenvalue weighted by Crippen LogP contribution is -2.60. The van der Waals surface area contributed by atoms with E-state index < -0.39 is 121 Å². The summed E-state index contributed by atoms with van der Waals surface area (Å²) in [5, 5.41) is 43.9. The lowest BCUT2D eigenvalue weighted by Gasteiger charge is -2.32. The van der Waals surface area contributed by atoms with Crippen molar-refractivity contribution in [2.24, 2.45) is 33.8 Å². The van der Waals surface area contributed by atoms with E-state index in [1.165, 1.54) is 16.7 Å². The van der Waals surface area contributed by atoms with Gasteiger partial charge in [0.05, 0.1) is 13.2 Å². The lowest BCUT2D eigenvalue weighted by atomic mass is 10.0. The number of nitrogens with zero attached hydrogens (tertiary/aromatic N) is 3. The van der Waals surface area contributed by atoms with Crippen LogP contribution in [-0.2, 0) is 43.2 Å². The number of carbonyl (C=O) groups is 9. The first-order chi connectivity index (χ1) is 31.7. The lowest BCUT2D eigenvalue weighted by molar-refractivity contribution is -0.145. The molecule has 2 fully saturated rings. The van der Waals surface area contributed by atoms with Gasteiger partial charge in [0.1, 0.15) is 54.4 Å². The molecule has 25 nitrogen and oxygen atoms in total. The fraction of sp³-hybridized carbons (Fsp3) is 0.762. The molecule has 0 saturated carbocycles. The second-order valence-corrected chi connectivity index (χ2v) is 17.4. The maximum atomic E-state index is 14.4. The predicted molar refractivity (Wildman–Crippen MR) is 244 cm³/mol. The second-order valence-electron chi connectivity index (χ2n) is 17.4. The molecular formula is C42H75N13O12. The topological polar surface area (TPSA) is 409 Å². The van der Waals surface area contributed by atoms with Gasteiger partial charge in [-0.25, -0.2) is 4.79 Å². The van der Waals surface area contributed by atoms with Gasteiger partial charge in [0.25, 0.3) is 0 Å². The zero-order chi connectivity index (χ0) is 50.4. The molecule has 17 N–H and O–H groups in total. The highest BCUT2D eigenvalue weighted by Gasteiger charge is 2.42. The van der Waals surface area contributed by atoms with Crippen molar-refractivity contribution in [2.75, 3.05) is 39.4 Å². The summed E-state index contributed by atoms with van der Waals surface area (Å²) in [5.74, 6) is -7.25. The van der Waals surface area contributed by atoms with Crippen LogP contribution in [0.1, 0.15) is 105 Å². The fourth-order valence-electron chi connectivity index (χ4n) is 7.81. The van der Waals surface area contributed by atoms with Gasteiger partial charge in [0, 0.05) is 19.6 Å². The molecule has 9 atom stereocenters. The molecule has 0 bridgehead atoms.